The van der Waals surface area contributed by atoms with E-state index in [9.17, 15) is 0 Å². The molecule has 0 spiro atoms. The molecule has 3 nitrogen and oxygen atoms in total. The van der Waals surface area contributed by atoms with Crippen LogP contribution in [0, 0.1) is 0 Å². The van der Waals surface area contributed by atoms with Gasteiger partial charge in [0.25, 0.3) is 0 Å². The van der Waals surface area contributed by atoms with Crippen LogP contribution in [-0.4, -0.2) is 45.2 Å². The van der Waals surface area contributed by atoms with Crippen molar-refractivity contribution < 1.29 is 0 Å². The van der Waals surface area contributed by atoms with Crippen molar-refractivity contribution >= 4 is 11.4 Å². The topological polar surface area (TPSA) is 18.5 Å². The maximum absolute atomic E-state index is 3.60. The van der Waals surface area contributed by atoms with E-state index < -0.39 is 0 Å². The molecule has 1 N–H and O–H groups in total. The van der Waals surface area contributed by atoms with Crippen molar-refractivity contribution in [1.82, 2.24) is 4.90 Å². The third-order valence-corrected chi connectivity index (χ3v) is 3.70. The summed E-state index contributed by atoms with van der Waals surface area (Å²) in [7, 11) is 4.28. The second-order valence-electron chi connectivity index (χ2n) is 5.63. The van der Waals surface area contributed by atoms with Gasteiger partial charge in [0.1, 0.15) is 0 Å². The molecule has 1 aliphatic heterocycles. The van der Waals surface area contributed by atoms with Crippen LogP contribution in [-0.2, 0) is 6.42 Å². The van der Waals surface area contributed by atoms with Crippen molar-refractivity contribution in [3.63, 3.8) is 0 Å². The molecular weight excluding hydrogens is 234 g/mol. The van der Waals surface area contributed by atoms with Gasteiger partial charge in [-0.2, -0.15) is 0 Å². The molecule has 2 rings (SSSR count). The molecule has 0 saturated heterocycles. The fourth-order valence-corrected chi connectivity index (χ4v) is 2.70. The second-order valence-corrected chi connectivity index (χ2v) is 5.63. The Labute approximate surface area is 117 Å². The van der Waals surface area contributed by atoms with Crippen LogP contribution in [0.15, 0.2) is 18.2 Å². The van der Waals surface area contributed by atoms with E-state index in [-0.39, 0.29) is 0 Å². The average Bonchev–Trinajstić information content (AvgIpc) is 2.43. The lowest BCUT2D eigenvalue weighted by atomic mass is 10.0. The van der Waals surface area contributed by atoms with Crippen molar-refractivity contribution in [2.45, 2.75) is 26.2 Å². The first kappa shape index (κ1) is 14.2. The van der Waals surface area contributed by atoms with E-state index in [0.717, 1.165) is 26.2 Å². The lowest BCUT2D eigenvalue weighted by Crippen LogP contribution is -2.33. The van der Waals surface area contributed by atoms with Crippen LogP contribution in [0.1, 0.15) is 25.3 Å². The molecule has 1 aromatic rings. The molecule has 106 valence electrons. The number of rotatable bonds is 6. The summed E-state index contributed by atoms with van der Waals surface area (Å²) >= 11 is 0. The molecule has 0 atom stereocenters. The van der Waals surface area contributed by atoms with Gasteiger partial charge < -0.3 is 15.1 Å². The normalized spacial score (nSPS) is 14.1. The number of nitrogens with zero attached hydrogens (tertiary/aromatic N) is 2. The molecule has 1 aromatic carbocycles. The highest BCUT2D eigenvalue weighted by molar-refractivity contribution is 5.74. The summed E-state index contributed by atoms with van der Waals surface area (Å²) in [5, 5.41) is 3.60. The Kier molecular flexibility index (Phi) is 5.08. The second kappa shape index (κ2) is 6.80. The highest BCUT2D eigenvalue weighted by Crippen LogP contribution is 2.32. The Morgan fingerprint density at radius 1 is 1.16 bits per heavy atom. The van der Waals surface area contributed by atoms with Crippen molar-refractivity contribution in [3.05, 3.63) is 23.8 Å². The Morgan fingerprint density at radius 2 is 2.00 bits per heavy atom. The molecule has 0 fully saturated rings. The number of para-hydroxylation sites is 1. The van der Waals surface area contributed by atoms with E-state index in [1.165, 1.54) is 36.2 Å². The van der Waals surface area contributed by atoms with E-state index in [1.807, 2.05) is 0 Å². The largest absolute Gasteiger partial charge is 0.383 e. The zero-order valence-electron chi connectivity index (χ0n) is 12.6. The molecule has 0 aromatic heterocycles. The monoisotopic (exact) mass is 261 g/mol. The first-order chi connectivity index (χ1) is 9.22. The Morgan fingerprint density at radius 3 is 2.74 bits per heavy atom. The van der Waals surface area contributed by atoms with E-state index >= 15 is 0 Å². The molecule has 0 aliphatic carbocycles. The Balaban J connectivity index is 2.20. The molecular formula is C16H27N3. The molecule has 0 saturated carbocycles. The minimum absolute atomic E-state index is 1.10. The number of hydrogen-bond acceptors (Lipinski definition) is 3. The lowest BCUT2D eigenvalue weighted by Gasteiger charge is -2.31. The van der Waals surface area contributed by atoms with Crippen LogP contribution in [0.4, 0.5) is 11.4 Å². The van der Waals surface area contributed by atoms with Crippen molar-refractivity contribution in [2.24, 2.45) is 0 Å². The molecule has 1 heterocycles. The molecule has 19 heavy (non-hydrogen) atoms. The van der Waals surface area contributed by atoms with Gasteiger partial charge in [-0.15, -0.1) is 0 Å². The number of aryl methyl sites for hydroxylation is 1. The molecule has 0 amide bonds. The van der Waals surface area contributed by atoms with Gasteiger partial charge in [0.05, 0.1) is 11.4 Å². The van der Waals surface area contributed by atoms with Gasteiger partial charge in [0, 0.05) is 26.2 Å². The summed E-state index contributed by atoms with van der Waals surface area (Å²) in [6.45, 7) is 6.69. The quantitative estimate of drug-likeness (QED) is 0.849. The van der Waals surface area contributed by atoms with Crippen LogP contribution in [0.2, 0.25) is 0 Å². The maximum Gasteiger partial charge on any atom is 0.0610 e. The standard InChI is InChI=1S/C16H27N3/c1-4-11-19(13-12-18(2)3)15-9-5-7-14-8-6-10-17-16(14)15/h5,7,9,17H,4,6,8,10-13H2,1-3H3. The summed E-state index contributed by atoms with van der Waals surface area (Å²) in [5.41, 5.74) is 4.25. The predicted octanol–water partition coefficient (Wildman–Crippen LogP) is 2.82. The number of anilines is 2. The summed E-state index contributed by atoms with van der Waals surface area (Å²) in [6, 6.07) is 6.74. The van der Waals surface area contributed by atoms with E-state index in [0.29, 0.717) is 0 Å². The smallest absolute Gasteiger partial charge is 0.0610 e. The first-order valence-corrected chi connectivity index (χ1v) is 7.47. The van der Waals surface area contributed by atoms with Crippen molar-refractivity contribution in [2.75, 3.05) is 50.5 Å². The third-order valence-electron chi connectivity index (χ3n) is 3.70. The highest BCUT2D eigenvalue weighted by Gasteiger charge is 2.16. The SMILES string of the molecule is CCCN(CCN(C)C)c1cccc2c1NCCC2. The van der Waals surface area contributed by atoms with E-state index in [1.54, 1.807) is 0 Å². The zero-order valence-corrected chi connectivity index (χ0v) is 12.6. The Hall–Kier alpha value is -1.22. The maximum atomic E-state index is 3.60. The van der Waals surface area contributed by atoms with Gasteiger partial charge in [-0.1, -0.05) is 19.1 Å². The van der Waals surface area contributed by atoms with Crippen LogP contribution >= 0.6 is 0 Å². The van der Waals surface area contributed by atoms with Crippen molar-refractivity contribution in [3.8, 4) is 0 Å². The van der Waals surface area contributed by atoms with Crippen LogP contribution < -0.4 is 10.2 Å². The summed E-state index contributed by atoms with van der Waals surface area (Å²) in [5.74, 6) is 0. The van der Waals surface area contributed by atoms with Gasteiger partial charge in [-0.25, -0.2) is 0 Å². The summed E-state index contributed by atoms with van der Waals surface area (Å²) in [6.07, 6.45) is 3.66. The number of fused-ring (bicyclic) bond motifs is 1. The average molecular weight is 261 g/mol. The summed E-state index contributed by atoms with van der Waals surface area (Å²) < 4.78 is 0. The predicted molar refractivity (Wildman–Crippen MR) is 84.3 cm³/mol. The van der Waals surface area contributed by atoms with Gasteiger partial charge in [0.2, 0.25) is 0 Å². The fourth-order valence-electron chi connectivity index (χ4n) is 2.70. The summed E-state index contributed by atoms with van der Waals surface area (Å²) in [4.78, 5) is 4.78. The van der Waals surface area contributed by atoms with Gasteiger partial charge in [-0.05, 0) is 45.0 Å². The van der Waals surface area contributed by atoms with E-state index in [2.05, 4.69) is 54.3 Å². The third kappa shape index (κ3) is 3.63. The first-order valence-electron chi connectivity index (χ1n) is 7.47. The molecule has 1 aliphatic rings. The number of likely N-dealkylation sites (N-methyl/N-ethyl adjacent to an activating group) is 1. The highest BCUT2D eigenvalue weighted by atomic mass is 15.2. The fraction of sp³-hybridized carbons (Fsp3) is 0.625. The number of benzene rings is 1. The zero-order chi connectivity index (χ0) is 13.7. The van der Waals surface area contributed by atoms with Gasteiger partial charge >= 0.3 is 0 Å². The molecule has 0 radical (unpaired) electrons. The Bertz CT molecular complexity index is 401. The number of nitrogens with one attached hydrogen (secondary N) is 1. The lowest BCUT2D eigenvalue weighted by molar-refractivity contribution is 0.413. The molecule has 0 unspecified atom stereocenters. The van der Waals surface area contributed by atoms with Crippen LogP contribution in [0.3, 0.4) is 0 Å². The van der Waals surface area contributed by atoms with Crippen molar-refractivity contribution in [1.29, 1.82) is 0 Å². The van der Waals surface area contributed by atoms with Crippen LogP contribution in [0.5, 0.6) is 0 Å². The molecule has 0 bridgehead atoms. The van der Waals surface area contributed by atoms with Gasteiger partial charge in [0.15, 0.2) is 0 Å². The number of hydrogen-bond donors (Lipinski definition) is 1. The minimum Gasteiger partial charge on any atom is -0.383 e. The molecule has 3 heteroatoms. The van der Waals surface area contributed by atoms with Crippen LogP contribution in [0.25, 0.3) is 0 Å². The van der Waals surface area contributed by atoms with Gasteiger partial charge in [-0.3, -0.25) is 0 Å². The van der Waals surface area contributed by atoms with E-state index in [4.69, 9.17) is 0 Å². The minimum atomic E-state index is 1.10.